The molecule has 2 aromatic rings. The molecule has 0 spiro atoms. The first-order valence-electron chi connectivity index (χ1n) is 18.8. The number of carboxylic acids is 1. The van der Waals surface area contributed by atoms with E-state index in [-0.39, 0.29) is 54.0 Å². The smallest absolute Gasteiger partial charge is 0.306 e. The number of benzene rings is 1. The van der Waals surface area contributed by atoms with Crippen LogP contribution in [0.4, 0.5) is 0 Å². The van der Waals surface area contributed by atoms with E-state index in [0.29, 0.717) is 24.4 Å². The molecule has 13 nitrogen and oxygen atoms in total. The van der Waals surface area contributed by atoms with Gasteiger partial charge in [0.2, 0.25) is 11.8 Å². The largest absolute Gasteiger partial charge is 0.508 e. The Morgan fingerprint density at radius 3 is 2.28 bits per heavy atom. The highest BCUT2D eigenvalue weighted by atomic mass is 32.1. The van der Waals surface area contributed by atoms with E-state index in [1.807, 2.05) is 46.6 Å². The van der Waals surface area contributed by atoms with E-state index in [1.165, 1.54) is 19.1 Å². The summed E-state index contributed by atoms with van der Waals surface area (Å²) in [5, 5.41) is 27.2. The Kier molecular flexibility index (Phi) is 16.7. The summed E-state index contributed by atoms with van der Waals surface area (Å²) in [5.74, 6) is -3.16. The number of carboxylic acid groups (broad SMARTS) is 1. The van der Waals surface area contributed by atoms with Crippen LogP contribution >= 0.6 is 11.3 Å². The van der Waals surface area contributed by atoms with Crippen molar-refractivity contribution in [2.75, 3.05) is 20.1 Å². The third-order valence-electron chi connectivity index (χ3n) is 10.3. The molecule has 1 aromatic carbocycles. The average Bonchev–Trinajstić information content (AvgIpc) is 3.61. The number of aliphatic carboxylic acids is 1. The van der Waals surface area contributed by atoms with E-state index in [0.717, 1.165) is 42.7 Å². The molecule has 0 radical (unpaired) electrons. The number of phenols is 1. The highest BCUT2D eigenvalue weighted by molar-refractivity contribution is 7.09. The van der Waals surface area contributed by atoms with E-state index in [2.05, 4.69) is 15.6 Å². The lowest BCUT2D eigenvalue weighted by molar-refractivity contribution is -0.149. The number of nitrogens with zero attached hydrogens (tertiary/aromatic N) is 3. The number of amides is 3. The Hall–Kier alpha value is -4.04. The van der Waals surface area contributed by atoms with Crippen LogP contribution in [0.25, 0.3) is 0 Å². The number of ether oxygens (including phenoxy) is 1. The maximum absolute atomic E-state index is 14.4. The first-order valence-corrected chi connectivity index (χ1v) is 19.7. The first-order chi connectivity index (χ1) is 25.1. The molecule has 1 fully saturated rings. The van der Waals surface area contributed by atoms with Crippen LogP contribution < -0.4 is 10.6 Å². The van der Waals surface area contributed by atoms with Crippen molar-refractivity contribution in [3.8, 4) is 5.75 Å². The number of aromatic hydroxyl groups is 1. The maximum atomic E-state index is 14.4. The lowest BCUT2D eigenvalue weighted by Gasteiger charge is -2.39. The molecule has 14 heteroatoms. The van der Waals surface area contributed by atoms with Gasteiger partial charge in [-0.3, -0.25) is 28.9 Å². The van der Waals surface area contributed by atoms with Crippen LogP contribution in [0.5, 0.6) is 5.75 Å². The van der Waals surface area contributed by atoms with Crippen molar-refractivity contribution in [3.63, 3.8) is 0 Å². The number of carbonyl (C=O) groups excluding carboxylic acids is 4. The monoisotopic (exact) mass is 757 g/mol. The molecule has 1 aliphatic heterocycles. The summed E-state index contributed by atoms with van der Waals surface area (Å²) in [6, 6.07) is 4.54. The Balaban J connectivity index is 1.85. The van der Waals surface area contributed by atoms with Crippen LogP contribution in [0.3, 0.4) is 0 Å². The zero-order valence-corrected chi connectivity index (χ0v) is 33.3. The van der Waals surface area contributed by atoms with Crippen molar-refractivity contribution in [1.29, 1.82) is 0 Å². The lowest BCUT2D eigenvalue weighted by atomic mass is 9.92. The van der Waals surface area contributed by atoms with Gasteiger partial charge in [-0.1, -0.05) is 59.6 Å². The van der Waals surface area contributed by atoms with Crippen LogP contribution in [-0.2, 0) is 30.3 Å². The van der Waals surface area contributed by atoms with Gasteiger partial charge in [0.25, 0.3) is 5.91 Å². The zero-order valence-electron chi connectivity index (χ0n) is 32.5. The first kappa shape index (κ1) is 43.4. The van der Waals surface area contributed by atoms with Gasteiger partial charge in [0.15, 0.2) is 6.10 Å². The third-order valence-corrected chi connectivity index (χ3v) is 11.2. The van der Waals surface area contributed by atoms with Crippen LogP contribution in [0.1, 0.15) is 114 Å². The van der Waals surface area contributed by atoms with Gasteiger partial charge in [-0.15, -0.1) is 11.3 Å². The quantitative estimate of drug-likeness (QED) is 0.140. The Labute approximate surface area is 317 Å². The fraction of sp³-hybridized carbons (Fsp3) is 0.641. The van der Waals surface area contributed by atoms with E-state index in [1.54, 1.807) is 29.3 Å². The van der Waals surface area contributed by atoms with Gasteiger partial charge in [-0.25, -0.2) is 4.98 Å². The van der Waals surface area contributed by atoms with Crippen molar-refractivity contribution in [3.05, 3.63) is 45.9 Å². The number of aromatic nitrogens is 1. The lowest BCUT2D eigenvalue weighted by Crippen LogP contribution is -2.58. The summed E-state index contributed by atoms with van der Waals surface area (Å²) in [6.45, 7) is 13.9. The molecule has 0 saturated carbocycles. The molecular weight excluding hydrogens is 699 g/mol. The molecule has 1 aliphatic rings. The highest BCUT2D eigenvalue weighted by Crippen LogP contribution is 2.32. The molecule has 1 unspecified atom stereocenters. The number of esters is 1. The van der Waals surface area contributed by atoms with Crippen molar-refractivity contribution in [1.82, 2.24) is 25.4 Å². The van der Waals surface area contributed by atoms with Gasteiger partial charge in [-0.05, 0) is 75.7 Å². The van der Waals surface area contributed by atoms with E-state index >= 15 is 0 Å². The van der Waals surface area contributed by atoms with Gasteiger partial charge in [0.1, 0.15) is 22.5 Å². The number of hydrogen-bond donors (Lipinski definition) is 4. The van der Waals surface area contributed by atoms with Crippen LogP contribution in [-0.4, -0.2) is 99.0 Å². The summed E-state index contributed by atoms with van der Waals surface area (Å²) in [4.78, 5) is 73.9. The maximum Gasteiger partial charge on any atom is 0.306 e. The summed E-state index contributed by atoms with van der Waals surface area (Å²) >= 11 is 1.16. The van der Waals surface area contributed by atoms with Gasteiger partial charge >= 0.3 is 11.9 Å². The molecule has 4 N–H and O–H groups in total. The van der Waals surface area contributed by atoms with Crippen molar-refractivity contribution < 1.29 is 38.9 Å². The Bertz CT molecular complexity index is 1530. The van der Waals surface area contributed by atoms with Gasteiger partial charge in [0.05, 0.1) is 12.0 Å². The molecule has 1 aromatic heterocycles. The second-order valence-electron chi connectivity index (χ2n) is 14.7. The van der Waals surface area contributed by atoms with E-state index < -0.39 is 48.0 Å². The molecule has 3 rings (SSSR count). The number of thiazole rings is 1. The molecular formula is C39H59N5O8S. The number of hydrogen-bond acceptors (Lipinski definition) is 10. The summed E-state index contributed by atoms with van der Waals surface area (Å²) in [6.07, 6.45) is 3.29. The predicted octanol–water partition coefficient (Wildman–Crippen LogP) is 5.18. The van der Waals surface area contributed by atoms with E-state index in [9.17, 15) is 34.2 Å². The van der Waals surface area contributed by atoms with Crippen LogP contribution in [0.15, 0.2) is 29.6 Å². The van der Waals surface area contributed by atoms with Crippen LogP contribution in [0, 0.1) is 17.8 Å². The van der Waals surface area contributed by atoms with E-state index in [4.69, 9.17) is 4.74 Å². The van der Waals surface area contributed by atoms with Crippen LogP contribution in [0.2, 0.25) is 0 Å². The third kappa shape index (κ3) is 12.5. The number of phenolic OH excluding ortho intramolecular Hbond substituents is 1. The molecule has 0 aliphatic carbocycles. The Morgan fingerprint density at radius 1 is 1.04 bits per heavy atom. The molecule has 1 saturated heterocycles. The van der Waals surface area contributed by atoms with Crippen molar-refractivity contribution >= 4 is 41.0 Å². The van der Waals surface area contributed by atoms with Crippen molar-refractivity contribution in [2.45, 2.75) is 124 Å². The molecule has 2 heterocycles. The Morgan fingerprint density at radius 2 is 1.72 bits per heavy atom. The molecule has 0 bridgehead atoms. The minimum Gasteiger partial charge on any atom is -0.508 e. The van der Waals surface area contributed by atoms with Gasteiger partial charge in [0, 0.05) is 37.4 Å². The topological polar surface area (TPSA) is 178 Å². The number of likely N-dealkylation sites (N-methyl/N-ethyl adjacent to an activating group) is 2. The zero-order chi connectivity index (χ0) is 39.4. The summed E-state index contributed by atoms with van der Waals surface area (Å²) in [5.41, 5.74) is 0.906. The second-order valence-corrected chi connectivity index (χ2v) is 15.6. The predicted molar refractivity (Wildman–Crippen MR) is 203 cm³/mol. The number of carbonyl (C=O) groups is 5. The minimum absolute atomic E-state index is 0.0608. The number of piperidine rings is 1. The molecule has 294 valence electrons. The standard InChI is InChI=1S/C39H59N5O8S/c1-9-24(5)34(42-36(48)31-13-11-12-18-43(31)8)38(49)44(10-2)32(23(3)4)21-33(52-26(7)45)37-41-30(22-53-37)35(47)40-28(19-25(6)39(50)51)20-27-14-16-29(46)17-15-27/h14-17,22-25,28,31-34,46H,9-13,18-21H2,1-8H3,(H,40,47)(H,42,48)(H,50,51)/t24?,25-,28+,31+,32+,33+,34-/m0/s1. The number of rotatable bonds is 19. The fourth-order valence-electron chi connectivity index (χ4n) is 6.89. The molecule has 7 atom stereocenters. The fourth-order valence-corrected chi connectivity index (χ4v) is 7.73. The average molecular weight is 758 g/mol. The van der Waals surface area contributed by atoms with Crippen molar-refractivity contribution in [2.24, 2.45) is 17.8 Å². The van der Waals surface area contributed by atoms with Gasteiger partial charge < -0.3 is 30.5 Å². The summed E-state index contributed by atoms with van der Waals surface area (Å²) < 4.78 is 5.80. The van der Waals surface area contributed by atoms with Gasteiger partial charge in [-0.2, -0.15) is 0 Å². The number of nitrogens with one attached hydrogen (secondary N) is 2. The molecule has 53 heavy (non-hydrogen) atoms. The SMILES string of the molecule is CCC(C)[C@H](NC(=O)[C@H]1CCCCN1C)C(=O)N(CC)[C@H](C[C@@H](OC(C)=O)c1nc(C(=O)N[C@@H](Cc2ccc(O)cc2)C[C@H](C)C(=O)O)cs1)C(C)C. The molecule has 3 amide bonds. The second kappa shape index (κ2) is 20.4. The highest BCUT2D eigenvalue weighted by Gasteiger charge is 2.38. The summed E-state index contributed by atoms with van der Waals surface area (Å²) in [7, 11) is 1.94. The number of likely N-dealkylation sites (tertiary alicyclic amines) is 1. The normalized spacial score (nSPS) is 18.2. The minimum atomic E-state index is -0.982.